The summed E-state index contributed by atoms with van der Waals surface area (Å²) < 4.78 is 68.7. The highest BCUT2D eigenvalue weighted by Gasteiger charge is 2.52. The Hall–Kier alpha value is -7.77. The van der Waals surface area contributed by atoms with Gasteiger partial charge < -0.3 is 118 Å². The number of fused-ring (bicyclic) bond motifs is 1. The molecule has 3 aliphatic rings. The molecule has 5 aromatic rings. The molecule has 0 bridgehead atoms. The third kappa shape index (κ3) is 12.8. The summed E-state index contributed by atoms with van der Waals surface area (Å²) in [4.78, 5) is 26.5. The van der Waals surface area contributed by atoms with E-state index in [1.54, 1.807) is 0 Å². The molecule has 27 nitrogen and oxygen atoms in total. The lowest BCUT2D eigenvalue weighted by atomic mass is 9.98. The monoisotopic (exact) mass is 1130 g/mol. The van der Waals surface area contributed by atoms with E-state index in [2.05, 4.69) is 0 Å². The number of benzene rings is 4. The van der Waals surface area contributed by atoms with E-state index >= 15 is 0 Å². The fourth-order valence-electron chi connectivity index (χ4n) is 8.61. The minimum Gasteiger partial charge on any atom is -0.507 e. The molecule has 4 aromatic carbocycles. The average Bonchev–Trinajstić information content (AvgIpc) is 3.47. The van der Waals surface area contributed by atoms with E-state index in [0.29, 0.717) is 5.56 Å². The van der Waals surface area contributed by atoms with Gasteiger partial charge in [0.25, 0.3) is 0 Å². The quantitative estimate of drug-likeness (QED) is 0.0243. The normalized spacial score (nSPS) is 27.9. The van der Waals surface area contributed by atoms with Gasteiger partial charge in [-0.15, -0.1) is 0 Å². The minimum absolute atomic E-state index is 0.00616. The van der Waals surface area contributed by atoms with Crippen LogP contribution in [0, 0.1) is 0 Å². The predicted molar refractivity (Wildman–Crippen MR) is 268 cm³/mol. The molecule has 0 aliphatic carbocycles. The lowest BCUT2D eigenvalue weighted by molar-refractivity contribution is -0.345. The SMILES string of the molecule is COc1cc(C=CC(=O)OC[C@H]2O[C@@H](Oc3cc4c(O[C@@H]5O[C@H](CO)[C@@H](O)[C@H](O)[C@H]5O)cc(O)cc4[o+]c3-c3ccc(O)c(O)c3)[C@H](O[C@@H]3OC[C@@H](O)[C@H](O)[C@H]3OC(=O)C=Cc3cc(OC)c(O)c(OC)c3)[C@@H](O)[C@@H]2O)ccc1O. The number of hydrogen-bond acceptors (Lipinski definition) is 26. The molecule has 27 heteroatoms. The maximum absolute atomic E-state index is 13.4. The van der Waals surface area contributed by atoms with Gasteiger partial charge in [-0.2, -0.15) is 0 Å². The Morgan fingerprint density at radius 1 is 0.600 bits per heavy atom. The van der Waals surface area contributed by atoms with Crippen LogP contribution >= 0.6 is 0 Å². The molecule has 8 rings (SSSR count). The second-order valence-corrected chi connectivity index (χ2v) is 18.2. The molecule has 14 atom stereocenters. The molecule has 0 unspecified atom stereocenters. The molecule has 0 saturated carbocycles. The molecular weight excluding hydrogens is 1070 g/mol. The Morgan fingerprint density at radius 3 is 1.93 bits per heavy atom. The van der Waals surface area contributed by atoms with Crippen molar-refractivity contribution in [2.75, 3.05) is 41.2 Å². The minimum atomic E-state index is -2.14. The van der Waals surface area contributed by atoms with E-state index in [1.165, 1.54) is 75.9 Å². The van der Waals surface area contributed by atoms with Crippen molar-refractivity contribution in [3.63, 3.8) is 0 Å². The van der Waals surface area contributed by atoms with Crippen molar-refractivity contribution >= 4 is 35.1 Å². The Morgan fingerprint density at radius 2 is 1.24 bits per heavy atom. The van der Waals surface area contributed by atoms with Crippen LogP contribution in [-0.4, -0.2) is 205 Å². The zero-order valence-electron chi connectivity index (χ0n) is 42.4. The van der Waals surface area contributed by atoms with Gasteiger partial charge in [-0.3, -0.25) is 0 Å². The first-order chi connectivity index (χ1) is 38.2. The van der Waals surface area contributed by atoms with E-state index in [-0.39, 0.29) is 62.4 Å². The average molecular weight is 1130 g/mol. The summed E-state index contributed by atoms with van der Waals surface area (Å²) in [5, 5.41) is 139. The van der Waals surface area contributed by atoms with Gasteiger partial charge in [0.05, 0.1) is 46.2 Å². The number of aliphatic hydroxyl groups is 8. The molecule has 1 aromatic heterocycles. The van der Waals surface area contributed by atoms with Gasteiger partial charge >= 0.3 is 23.3 Å². The molecule has 3 saturated heterocycles. The summed E-state index contributed by atoms with van der Waals surface area (Å²) in [6.07, 6.45) is -21.7. The fourth-order valence-corrected chi connectivity index (χ4v) is 8.61. The summed E-state index contributed by atoms with van der Waals surface area (Å²) >= 11 is 0. The van der Waals surface area contributed by atoms with Crippen molar-refractivity contribution in [2.24, 2.45) is 0 Å². The number of phenolic OH excluding ortho intramolecular Hbond substituents is 5. The summed E-state index contributed by atoms with van der Waals surface area (Å²) in [6.45, 7) is -2.26. The van der Waals surface area contributed by atoms with Crippen molar-refractivity contribution in [3.8, 4) is 68.8 Å². The first-order valence-corrected chi connectivity index (χ1v) is 24.2. The summed E-state index contributed by atoms with van der Waals surface area (Å²) in [5.41, 5.74) is 0.443. The van der Waals surface area contributed by atoms with Crippen molar-refractivity contribution in [1.82, 2.24) is 0 Å². The van der Waals surface area contributed by atoms with Crippen LogP contribution in [0.25, 0.3) is 34.4 Å². The van der Waals surface area contributed by atoms with E-state index < -0.39 is 141 Å². The van der Waals surface area contributed by atoms with Crippen molar-refractivity contribution < 1.29 is 132 Å². The molecule has 0 amide bonds. The second kappa shape index (κ2) is 25.1. The van der Waals surface area contributed by atoms with E-state index in [9.17, 15) is 76.0 Å². The van der Waals surface area contributed by atoms with E-state index in [4.69, 9.17) is 56.5 Å². The molecule has 0 spiro atoms. The summed E-state index contributed by atoms with van der Waals surface area (Å²) in [6, 6.07) is 13.7. The van der Waals surface area contributed by atoms with Gasteiger partial charge in [0.15, 0.2) is 53.0 Å². The summed E-state index contributed by atoms with van der Waals surface area (Å²) in [7, 11) is 3.90. The third-order valence-corrected chi connectivity index (χ3v) is 12.9. The highest BCUT2D eigenvalue weighted by molar-refractivity contribution is 5.90. The number of rotatable bonds is 18. The zero-order valence-corrected chi connectivity index (χ0v) is 42.4. The maximum atomic E-state index is 13.4. The number of carbonyl (C=O) groups excluding carboxylic acids is 2. The number of esters is 2. The fraction of sp³-hybridized carbons (Fsp3) is 0.377. The molecule has 13 N–H and O–H groups in total. The number of phenols is 5. The number of methoxy groups -OCH3 is 3. The van der Waals surface area contributed by atoms with Gasteiger partial charge in [0.1, 0.15) is 78.4 Å². The first kappa shape index (κ1) is 58.4. The van der Waals surface area contributed by atoms with Gasteiger partial charge in [-0.05, 0) is 59.7 Å². The van der Waals surface area contributed by atoms with Gasteiger partial charge in [-0.25, -0.2) is 14.0 Å². The Bertz CT molecular complexity index is 3050. The maximum Gasteiger partial charge on any atom is 0.402 e. The van der Waals surface area contributed by atoms with Crippen LogP contribution in [0.5, 0.6) is 57.5 Å². The molecule has 0 radical (unpaired) electrons. The van der Waals surface area contributed by atoms with Crippen LogP contribution in [0.3, 0.4) is 0 Å². The molecule has 4 heterocycles. The van der Waals surface area contributed by atoms with Crippen molar-refractivity contribution in [2.45, 2.75) is 86.0 Å². The zero-order chi connectivity index (χ0) is 57.7. The van der Waals surface area contributed by atoms with Crippen LogP contribution in [0.1, 0.15) is 11.1 Å². The highest BCUT2D eigenvalue weighted by atomic mass is 16.8. The van der Waals surface area contributed by atoms with Gasteiger partial charge in [0, 0.05) is 30.4 Å². The van der Waals surface area contributed by atoms with Crippen LogP contribution in [0.15, 0.2) is 83.3 Å². The predicted octanol–water partition coefficient (Wildman–Crippen LogP) is 0.284. The number of carbonyl (C=O) groups is 2. The van der Waals surface area contributed by atoms with Crippen molar-refractivity contribution in [3.05, 3.63) is 90.0 Å². The molecule has 3 fully saturated rings. The Kier molecular flexibility index (Phi) is 18.3. The summed E-state index contributed by atoms with van der Waals surface area (Å²) in [5.74, 6) is -5.34. The third-order valence-electron chi connectivity index (χ3n) is 12.9. The largest absolute Gasteiger partial charge is 0.507 e. The standard InChI is InChI=1S/C53H56O27/c1-69-33-12-22(4-8-28(33)57)5-10-39(60)72-21-38-44(65)46(67)50(80-52-49(41(62)30(59)20-73-52)79-40(61)11-6-23-13-34(70-2)42(63)35(14-23)71-3)53(78-38)76-36-18-26-31(74-48(36)24-7-9-27(56)29(58)15-24)16-25(55)17-32(26)75-51-47(68)45(66)43(64)37(19-54)77-51/h4-18,30,37-38,41,43-47,49-54,59,62,64-68H,19-21H2,1-3H3,(H4-,55,56,57,58,60,61,63)/p+1/t30-,37-,38-,41+,43-,44-,45+,46+,47-,49-,50-,51-,52+,53-/m1/s1. The number of ether oxygens (including phenoxy) is 11. The number of aliphatic hydroxyl groups excluding tert-OH is 8. The van der Waals surface area contributed by atoms with Crippen LogP contribution in [-0.2, 0) is 38.0 Å². The number of aromatic hydroxyl groups is 5. The van der Waals surface area contributed by atoms with Crippen LogP contribution < -0.4 is 23.7 Å². The molecule has 3 aliphatic heterocycles. The highest BCUT2D eigenvalue weighted by Crippen LogP contribution is 2.44. The lowest BCUT2D eigenvalue weighted by Crippen LogP contribution is -2.64. The Balaban J connectivity index is 1.16. The van der Waals surface area contributed by atoms with E-state index in [0.717, 1.165) is 36.4 Å². The van der Waals surface area contributed by atoms with E-state index in [1.807, 2.05) is 0 Å². The molecule has 430 valence electrons. The number of hydrogen-bond donors (Lipinski definition) is 13. The van der Waals surface area contributed by atoms with Gasteiger partial charge in [0.2, 0.25) is 24.1 Å². The first-order valence-electron chi connectivity index (χ1n) is 24.2. The second-order valence-electron chi connectivity index (χ2n) is 18.2. The smallest absolute Gasteiger partial charge is 0.402 e. The van der Waals surface area contributed by atoms with Crippen molar-refractivity contribution in [1.29, 1.82) is 0 Å². The molecular formula is C53H57O27+. The van der Waals surface area contributed by atoms with Gasteiger partial charge in [-0.1, -0.05) is 6.07 Å². The lowest BCUT2D eigenvalue weighted by Gasteiger charge is -2.45. The van der Waals surface area contributed by atoms with Crippen LogP contribution in [0.2, 0.25) is 0 Å². The topological polar surface area (TPSA) is 410 Å². The Labute approximate surface area is 452 Å². The molecule has 80 heavy (non-hydrogen) atoms. The van der Waals surface area contributed by atoms with Crippen LogP contribution in [0.4, 0.5) is 0 Å².